The van der Waals surface area contributed by atoms with Gasteiger partial charge in [-0.05, 0) is 19.9 Å². The number of carbonyl (C=O) groups excluding carboxylic acids is 1. The lowest BCUT2D eigenvalue weighted by molar-refractivity contribution is -0.116. The van der Waals surface area contributed by atoms with Gasteiger partial charge < -0.3 is 19.7 Å². The number of ether oxygens (including phenoxy) is 2. The fourth-order valence-corrected chi connectivity index (χ4v) is 4.57. The Morgan fingerprint density at radius 2 is 2.08 bits per heavy atom. The number of benzene rings is 1. The molecule has 138 valence electrons. The molecular formula is C19H23N3O3S. The maximum absolute atomic E-state index is 12.3. The molecule has 1 saturated heterocycles. The Morgan fingerprint density at radius 3 is 2.85 bits per heavy atom. The molecule has 2 aromatic rings. The molecule has 0 unspecified atom stereocenters. The van der Waals surface area contributed by atoms with Gasteiger partial charge in [0.05, 0.1) is 24.2 Å². The maximum atomic E-state index is 12.3. The van der Waals surface area contributed by atoms with E-state index in [0.717, 1.165) is 34.4 Å². The van der Waals surface area contributed by atoms with Crippen LogP contribution >= 0.6 is 11.3 Å². The normalized spacial score (nSPS) is 20.0. The topological polar surface area (TPSA) is 63.7 Å². The van der Waals surface area contributed by atoms with Gasteiger partial charge in [0, 0.05) is 31.0 Å². The molecule has 0 bridgehead atoms. The molecule has 0 saturated carbocycles. The van der Waals surface area contributed by atoms with Crippen LogP contribution < -0.4 is 15.0 Å². The fraction of sp³-hybridized carbons (Fsp3) is 0.474. The van der Waals surface area contributed by atoms with Gasteiger partial charge in [0.1, 0.15) is 11.6 Å². The number of para-hydroxylation sites is 1. The first kappa shape index (κ1) is 17.3. The van der Waals surface area contributed by atoms with E-state index in [1.807, 2.05) is 32.0 Å². The van der Waals surface area contributed by atoms with Crippen LogP contribution in [0.2, 0.25) is 0 Å². The summed E-state index contributed by atoms with van der Waals surface area (Å²) in [7, 11) is 0. The van der Waals surface area contributed by atoms with E-state index in [1.54, 1.807) is 11.3 Å². The summed E-state index contributed by atoms with van der Waals surface area (Å²) < 4.78 is 11.4. The quantitative estimate of drug-likeness (QED) is 0.891. The van der Waals surface area contributed by atoms with Crippen molar-refractivity contribution < 1.29 is 14.3 Å². The second kappa shape index (κ2) is 7.25. The van der Waals surface area contributed by atoms with Crippen molar-refractivity contribution in [2.75, 3.05) is 36.5 Å². The van der Waals surface area contributed by atoms with Crippen LogP contribution in [-0.4, -0.2) is 43.3 Å². The summed E-state index contributed by atoms with van der Waals surface area (Å²) in [6.45, 7) is 7.12. The highest BCUT2D eigenvalue weighted by Crippen LogP contribution is 2.45. The van der Waals surface area contributed by atoms with Gasteiger partial charge in [0.15, 0.2) is 5.13 Å². The zero-order valence-corrected chi connectivity index (χ0v) is 15.8. The molecular weight excluding hydrogens is 350 g/mol. The summed E-state index contributed by atoms with van der Waals surface area (Å²) in [5, 5.41) is 3.89. The number of anilines is 2. The van der Waals surface area contributed by atoms with Crippen molar-refractivity contribution in [3.8, 4) is 5.75 Å². The van der Waals surface area contributed by atoms with Crippen molar-refractivity contribution in [2.24, 2.45) is 0 Å². The van der Waals surface area contributed by atoms with Gasteiger partial charge in [-0.1, -0.05) is 29.5 Å². The Kier molecular flexibility index (Phi) is 4.82. The Balaban J connectivity index is 1.71. The standard InChI is InChI=1S/C19H23N3O3S/c1-12(2)25-15-6-4-3-5-13(15)14-11-16(23)20-18-17(14)26-19(21-18)22-7-9-24-10-8-22/h3-6,12,14H,7-11H2,1-2H3,(H,20,23)/t14-/m1/s1. The highest BCUT2D eigenvalue weighted by molar-refractivity contribution is 7.16. The van der Waals surface area contributed by atoms with Gasteiger partial charge in [-0.15, -0.1) is 0 Å². The molecule has 2 aliphatic rings. The predicted octanol–water partition coefficient (Wildman–Crippen LogP) is 3.24. The SMILES string of the molecule is CC(C)Oc1ccccc1[C@H]1CC(=O)Nc2nc(N3CCOCC3)sc21. The van der Waals surface area contributed by atoms with Crippen molar-refractivity contribution in [3.05, 3.63) is 34.7 Å². The Bertz CT molecular complexity index is 799. The van der Waals surface area contributed by atoms with Crippen LogP contribution in [0.1, 0.15) is 36.6 Å². The molecule has 6 nitrogen and oxygen atoms in total. The molecule has 26 heavy (non-hydrogen) atoms. The molecule has 0 aliphatic carbocycles. The Hall–Kier alpha value is -2.12. The Morgan fingerprint density at radius 1 is 1.31 bits per heavy atom. The zero-order valence-electron chi connectivity index (χ0n) is 15.0. The third kappa shape index (κ3) is 3.41. The van der Waals surface area contributed by atoms with Crippen LogP contribution in [0, 0.1) is 0 Å². The first-order valence-corrected chi connectivity index (χ1v) is 9.82. The van der Waals surface area contributed by atoms with Crippen LogP contribution in [0.15, 0.2) is 24.3 Å². The number of nitrogens with one attached hydrogen (secondary N) is 1. The predicted molar refractivity (Wildman–Crippen MR) is 102 cm³/mol. The van der Waals surface area contributed by atoms with Gasteiger partial charge in [-0.25, -0.2) is 4.98 Å². The lowest BCUT2D eigenvalue weighted by atomic mass is 9.91. The van der Waals surface area contributed by atoms with Gasteiger partial charge in [-0.3, -0.25) is 4.79 Å². The smallest absolute Gasteiger partial charge is 0.226 e. The van der Waals surface area contributed by atoms with Crippen LogP contribution in [0.25, 0.3) is 0 Å². The van der Waals surface area contributed by atoms with E-state index in [-0.39, 0.29) is 17.9 Å². The number of morpholine rings is 1. The molecule has 1 atom stereocenters. The second-order valence-electron chi connectivity index (χ2n) is 6.82. The number of nitrogens with zero attached hydrogens (tertiary/aromatic N) is 2. The molecule has 1 amide bonds. The average Bonchev–Trinajstić information content (AvgIpc) is 3.06. The van der Waals surface area contributed by atoms with E-state index in [1.165, 1.54) is 0 Å². The molecule has 1 N–H and O–H groups in total. The minimum Gasteiger partial charge on any atom is -0.491 e. The fourth-order valence-electron chi connectivity index (χ4n) is 3.38. The van der Waals surface area contributed by atoms with Crippen LogP contribution in [0.3, 0.4) is 0 Å². The van der Waals surface area contributed by atoms with E-state index >= 15 is 0 Å². The molecule has 2 aliphatic heterocycles. The maximum Gasteiger partial charge on any atom is 0.226 e. The van der Waals surface area contributed by atoms with Crippen LogP contribution in [-0.2, 0) is 9.53 Å². The molecule has 3 heterocycles. The second-order valence-corrected chi connectivity index (χ2v) is 7.83. The van der Waals surface area contributed by atoms with Crippen molar-refractivity contribution >= 4 is 28.2 Å². The van der Waals surface area contributed by atoms with Crippen molar-refractivity contribution in [3.63, 3.8) is 0 Å². The molecule has 1 aromatic heterocycles. The summed E-state index contributed by atoms with van der Waals surface area (Å²) in [6.07, 6.45) is 0.495. The third-order valence-corrected chi connectivity index (χ3v) is 5.77. The third-order valence-electron chi connectivity index (χ3n) is 4.54. The summed E-state index contributed by atoms with van der Waals surface area (Å²) in [4.78, 5) is 20.3. The molecule has 4 rings (SSSR count). The number of rotatable bonds is 4. The lowest BCUT2D eigenvalue weighted by Gasteiger charge is -2.26. The highest BCUT2D eigenvalue weighted by atomic mass is 32.1. The van der Waals surface area contributed by atoms with E-state index in [2.05, 4.69) is 16.3 Å². The van der Waals surface area contributed by atoms with Crippen LogP contribution in [0.5, 0.6) is 5.75 Å². The van der Waals surface area contributed by atoms with Gasteiger partial charge in [0.2, 0.25) is 5.91 Å². The highest BCUT2D eigenvalue weighted by Gasteiger charge is 2.33. The number of hydrogen-bond donors (Lipinski definition) is 1. The first-order valence-electron chi connectivity index (χ1n) is 9.00. The van der Waals surface area contributed by atoms with E-state index in [4.69, 9.17) is 14.5 Å². The first-order chi connectivity index (χ1) is 12.6. The molecule has 1 aromatic carbocycles. The van der Waals surface area contributed by atoms with Gasteiger partial charge in [0.25, 0.3) is 0 Å². The minimum atomic E-state index is -0.0269. The molecule has 7 heteroatoms. The molecule has 0 radical (unpaired) electrons. The van der Waals surface area contributed by atoms with E-state index < -0.39 is 0 Å². The van der Waals surface area contributed by atoms with Gasteiger partial charge >= 0.3 is 0 Å². The zero-order chi connectivity index (χ0) is 18.1. The monoisotopic (exact) mass is 373 g/mol. The number of hydrogen-bond acceptors (Lipinski definition) is 6. The van der Waals surface area contributed by atoms with Crippen molar-refractivity contribution in [2.45, 2.75) is 32.3 Å². The summed E-state index contributed by atoms with van der Waals surface area (Å²) >= 11 is 1.66. The van der Waals surface area contributed by atoms with Gasteiger partial charge in [-0.2, -0.15) is 0 Å². The lowest BCUT2D eigenvalue weighted by Crippen LogP contribution is -2.36. The summed E-state index contributed by atoms with van der Waals surface area (Å²) in [5.41, 5.74) is 1.05. The largest absolute Gasteiger partial charge is 0.491 e. The summed E-state index contributed by atoms with van der Waals surface area (Å²) in [5.74, 6) is 1.51. The van der Waals surface area contributed by atoms with E-state index in [9.17, 15) is 4.79 Å². The van der Waals surface area contributed by atoms with Crippen molar-refractivity contribution in [1.82, 2.24) is 4.98 Å². The number of thiazole rings is 1. The van der Waals surface area contributed by atoms with Crippen LogP contribution in [0.4, 0.5) is 10.9 Å². The minimum absolute atomic E-state index is 0.000627. The van der Waals surface area contributed by atoms with E-state index in [0.29, 0.717) is 25.5 Å². The number of fused-ring (bicyclic) bond motifs is 1. The molecule has 0 spiro atoms. The Labute approximate surface area is 157 Å². The average molecular weight is 373 g/mol. The number of amides is 1. The summed E-state index contributed by atoms with van der Waals surface area (Å²) in [6, 6.07) is 8.00. The number of aromatic nitrogens is 1. The molecule has 1 fully saturated rings. The number of carbonyl (C=O) groups is 1. The van der Waals surface area contributed by atoms with Crippen molar-refractivity contribution in [1.29, 1.82) is 0 Å².